The van der Waals surface area contributed by atoms with Gasteiger partial charge in [0.15, 0.2) is 0 Å². The maximum absolute atomic E-state index is 0. The van der Waals surface area contributed by atoms with Crippen LogP contribution >= 0.6 is 0 Å². The second kappa shape index (κ2) is 24.1. The Hall–Kier alpha value is 4.19. The molecule has 5 heavy (non-hydrogen) atoms. The van der Waals surface area contributed by atoms with Crippen molar-refractivity contribution in [1.82, 2.24) is 0 Å². The van der Waals surface area contributed by atoms with Crippen LogP contribution in [0.2, 0.25) is 0 Å². The Balaban J connectivity index is 0. The molecule has 0 aliphatic carbocycles. The Morgan fingerprint density at radius 3 is 1.00 bits per heavy atom. The van der Waals surface area contributed by atoms with Gasteiger partial charge in [-0.1, -0.05) is 0 Å². The summed E-state index contributed by atoms with van der Waals surface area (Å²) in [6.07, 6.45) is 0. The average Bonchev–Trinajstić information content (AvgIpc) is 0. The van der Waals surface area contributed by atoms with Gasteiger partial charge in [0, 0.05) is 0 Å². The molecule has 0 atom stereocenters. The first kappa shape index (κ1) is 35.1. The second-order valence-electron chi connectivity index (χ2n) is 0. The summed E-state index contributed by atoms with van der Waals surface area (Å²) in [7, 11) is 0. The zero-order valence-electron chi connectivity index (χ0n) is 3.36. The molecule has 0 heterocycles. The quantitative estimate of drug-likeness (QED) is 0.394. The Morgan fingerprint density at radius 1 is 1.00 bits per heavy atom. The fourth-order valence-corrected chi connectivity index (χ4v) is 0. The van der Waals surface area contributed by atoms with Crippen molar-refractivity contribution >= 4 is 26.2 Å². The number of rotatable bonds is 0. The maximum atomic E-state index is 0. The third-order valence-electron chi connectivity index (χ3n) is 0. The SMILES string of the molecule is [Bi+3].[K+].[Na+].[O-2].[Ti+4]. The van der Waals surface area contributed by atoms with Gasteiger partial charge in [0.25, 0.3) is 0 Å². The minimum atomic E-state index is 0. The molecule has 0 bridgehead atoms. The van der Waals surface area contributed by atoms with Crippen LogP contribution in [-0.4, -0.2) is 26.2 Å². The summed E-state index contributed by atoms with van der Waals surface area (Å²) in [5.74, 6) is 0. The molecule has 2 radical (unpaired) electrons. The molecule has 0 rings (SSSR count). The van der Waals surface area contributed by atoms with Crippen LogP contribution in [0, 0.1) is 0 Å². The standard InChI is InChI=1S/Bi.K.Na.O.Ti/q+3;2*+1;-2;+4. The number of hydrogen-bond donors (Lipinski definition) is 0. The fourth-order valence-electron chi connectivity index (χ4n) is 0. The van der Waals surface area contributed by atoms with Gasteiger partial charge in [0.05, 0.1) is 0 Å². The molecule has 0 saturated carbocycles. The minimum Gasteiger partial charge on any atom is -2.00 e. The molecule has 0 spiro atoms. The van der Waals surface area contributed by atoms with E-state index in [4.69, 9.17) is 0 Å². The van der Waals surface area contributed by atoms with Crippen molar-refractivity contribution in [1.29, 1.82) is 0 Å². The monoisotopic (exact) mass is 335 g/mol. The zero-order valence-corrected chi connectivity index (χ0v) is 13.5. The second-order valence-corrected chi connectivity index (χ2v) is 0. The third-order valence-corrected chi connectivity index (χ3v) is 0. The molecule has 0 fully saturated rings. The molecule has 0 amide bonds. The van der Waals surface area contributed by atoms with Crippen molar-refractivity contribution in [3.63, 3.8) is 0 Å². The van der Waals surface area contributed by atoms with Crippen molar-refractivity contribution < 1.29 is 108 Å². The normalized spacial score (nSPS) is 0. The first-order valence-electron chi connectivity index (χ1n) is 0. The molecular formula is BiKNaOTi+7. The predicted molar refractivity (Wildman–Crippen MR) is 6.44 cm³/mol. The smallest absolute Gasteiger partial charge is 2.00 e. The summed E-state index contributed by atoms with van der Waals surface area (Å²) in [5.41, 5.74) is 0. The Morgan fingerprint density at radius 2 is 1.00 bits per heavy atom. The maximum Gasteiger partial charge on any atom is 4.00 e. The van der Waals surface area contributed by atoms with E-state index in [-0.39, 0.29) is 134 Å². The van der Waals surface area contributed by atoms with Crippen molar-refractivity contribution in [2.24, 2.45) is 0 Å². The summed E-state index contributed by atoms with van der Waals surface area (Å²) >= 11 is 0. The molecule has 0 aliphatic rings. The molecule has 0 aliphatic heterocycles. The summed E-state index contributed by atoms with van der Waals surface area (Å²) in [4.78, 5) is 0. The molecule has 5 heteroatoms. The van der Waals surface area contributed by atoms with E-state index < -0.39 is 0 Å². The van der Waals surface area contributed by atoms with Crippen LogP contribution in [-0.2, 0) is 27.2 Å². The van der Waals surface area contributed by atoms with Crippen molar-refractivity contribution in [3.05, 3.63) is 0 Å². The molecule has 0 N–H and O–H groups in total. The van der Waals surface area contributed by atoms with Crippen molar-refractivity contribution in [2.45, 2.75) is 0 Å². The first-order chi connectivity index (χ1) is 0. The Kier molecular flexibility index (Phi) is 169. The van der Waals surface area contributed by atoms with E-state index in [1.807, 2.05) is 0 Å². The van der Waals surface area contributed by atoms with E-state index in [9.17, 15) is 0 Å². The largest absolute Gasteiger partial charge is 4.00 e. The Labute approximate surface area is 130 Å². The van der Waals surface area contributed by atoms with Crippen LogP contribution in [0.15, 0.2) is 0 Å². The van der Waals surface area contributed by atoms with E-state index in [1.54, 1.807) is 0 Å². The zero-order chi connectivity index (χ0) is 0. The van der Waals surface area contributed by atoms with Crippen LogP contribution in [0.25, 0.3) is 0 Å². The van der Waals surface area contributed by atoms with Gasteiger partial charge >= 0.3 is 129 Å². The van der Waals surface area contributed by atoms with E-state index in [2.05, 4.69) is 0 Å². The third kappa shape index (κ3) is 17.9. The summed E-state index contributed by atoms with van der Waals surface area (Å²) < 4.78 is 0. The van der Waals surface area contributed by atoms with Crippen LogP contribution in [0.4, 0.5) is 0 Å². The molecule has 0 unspecified atom stereocenters. The van der Waals surface area contributed by atoms with Gasteiger partial charge in [-0.3, -0.25) is 0 Å². The van der Waals surface area contributed by atoms with Crippen LogP contribution in [0.5, 0.6) is 0 Å². The molecule has 0 aromatic carbocycles. The van der Waals surface area contributed by atoms with E-state index in [0.717, 1.165) is 0 Å². The fraction of sp³-hybridized carbons (Fsp3) is 0. The topological polar surface area (TPSA) is 28.5 Å². The van der Waals surface area contributed by atoms with Gasteiger partial charge in [-0.15, -0.1) is 0 Å². The summed E-state index contributed by atoms with van der Waals surface area (Å²) in [6.45, 7) is 0. The molecule has 0 aromatic rings. The van der Waals surface area contributed by atoms with Gasteiger partial charge in [-0.2, -0.15) is 0 Å². The van der Waals surface area contributed by atoms with E-state index >= 15 is 0 Å². The predicted octanol–water partition coefficient (Wildman–Crippen LogP) is -6.49. The van der Waals surface area contributed by atoms with Crippen LogP contribution in [0.1, 0.15) is 0 Å². The number of hydrogen-bond acceptors (Lipinski definition) is 0. The summed E-state index contributed by atoms with van der Waals surface area (Å²) in [5, 5.41) is 0. The molecular weight excluding hydrogens is 335 g/mol. The van der Waals surface area contributed by atoms with Gasteiger partial charge in [-0.25, -0.2) is 0 Å². The first-order valence-corrected chi connectivity index (χ1v) is 0. The van der Waals surface area contributed by atoms with E-state index in [0.29, 0.717) is 0 Å². The van der Waals surface area contributed by atoms with Gasteiger partial charge in [0.2, 0.25) is 0 Å². The van der Waals surface area contributed by atoms with Gasteiger partial charge < -0.3 is 5.48 Å². The van der Waals surface area contributed by atoms with Crippen molar-refractivity contribution in [2.75, 3.05) is 0 Å². The van der Waals surface area contributed by atoms with Crippen LogP contribution in [0.3, 0.4) is 0 Å². The summed E-state index contributed by atoms with van der Waals surface area (Å²) in [6, 6.07) is 0. The van der Waals surface area contributed by atoms with E-state index in [1.165, 1.54) is 0 Å². The van der Waals surface area contributed by atoms with Gasteiger partial charge in [-0.05, 0) is 0 Å². The molecule has 0 saturated heterocycles. The Bertz CT molecular complexity index is 11.6. The molecule has 1 nitrogen and oxygen atoms in total. The molecule has 10 valence electrons. The molecule has 0 aromatic heterocycles. The van der Waals surface area contributed by atoms with Gasteiger partial charge in [0.1, 0.15) is 0 Å². The average molecular weight is 335 g/mol. The minimum absolute atomic E-state index is 0. The van der Waals surface area contributed by atoms with Crippen LogP contribution < -0.4 is 80.9 Å². The van der Waals surface area contributed by atoms with Crippen molar-refractivity contribution in [3.8, 4) is 0 Å².